The van der Waals surface area contributed by atoms with Crippen molar-refractivity contribution in [3.05, 3.63) is 28.8 Å². The van der Waals surface area contributed by atoms with Crippen LogP contribution in [0.5, 0.6) is 5.75 Å². The third-order valence-corrected chi connectivity index (χ3v) is 3.77. The minimum atomic E-state index is 0.424. The van der Waals surface area contributed by atoms with Crippen LogP contribution in [0.2, 0.25) is 0 Å². The SMILES string of the molecule is COc1ccc(CNCC2COCCN2)c(C)c1C. The van der Waals surface area contributed by atoms with Crippen molar-refractivity contribution in [2.24, 2.45) is 0 Å². The van der Waals surface area contributed by atoms with Crippen LogP contribution in [-0.2, 0) is 11.3 Å². The number of hydrogen-bond donors (Lipinski definition) is 2. The number of hydrogen-bond acceptors (Lipinski definition) is 4. The molecule has 1 fully saturated rings. The van der Waals surface area contributed by atoms with Gasteiger partial charge in [-0.1, -0.05) is 6.07 Å². The molecule has 0 spiro atoms. The maximum Gasteiger partial charge on any atom is 0.122 e. The number of methoxy groups -OCH3 is 1. The summed E-state index contributed by atoms with van der Waals surface area (Å²) < 4.78 is 10.8. The van der Waals surface area contributed by atoms with Crippen molar-refractivity contribution >= 4 is 0 Å². The Hall–Kier alpha value is -1.10. The van der Waals surface area contributed by atoms with Crippen molar-refractivity contribution in [3.8, 4) is 5.75 Å². The van der Waals surface area contributed by atoms with Crippen LogP contribution in [0, 0.1) is 13.8 Å². The van der Waals surface area contributed by atoms with Crippen LogP contribution in [0.15, 0.2) is 12.1 Å². The van der Waals surface area contributed by atoms with Gasteiger partial charge in [-0.3, -0.25) is 0 Å². The lowest BCUT2D eigenvalue weighted by molar-refractivity contribution is 0.0766. The Morgan fingerprint density at radius 2 is 2.21 bits per heavy atom. The zero-order valence-electron chi connectivity index (χ0n) is 12.1. The van der Waals surface area contributed by atoms with Gasteiger partial charge in [-0.2, -0.15) is 0 Å². The highest BCUT2D eigenvalue weighted by molar-refractivity contribution is 5.43. The summed E-state index contributed by atoms with van der Waals surface area (Å²) in [5.74, 6) is 0.962. The smallest absolute Gasteiger partial charge is 0.122 e. The molecular formula is C15H24N2O2. The van der Waals surface area contributed by atoms with Gasteiger partial charge in [0.05, 0.1) is 20.3 Å². The highest BCUT2D eigenvalue weighted by Crippen LogP contribution is 2.23. The second-order valence-electron chi connectivity index (χ2n) is 5.03. The molecule has 1 saturated heterocycles. The minimum Gasteiger partial charge on any atom is -0.496 e. The molecule has 4 heteroatoms. The molecule has 2 rings (SSSR count). The van der Waals surface area contributed by atoms with Crippen LogP contribution in [0.4, 0.5) is 0 Å². The molecule has 0 radical (unpaired) electrons. The highest BCUT2D eigenvalue weighted by atomic mass is 16.5. The lowest BCUT2D eigenvalue weighted by Crippen LogP contribution is -2.47. The van der Waals surface area contributed by atoms with Crippen molar-refractivity contribution in [1.29, 1.82) is 0 Å². The van der Waals surface area contributed by atoms with E-state index in [0.29, 0.717) is 6.04 Å². The van der Waals surface area contributed by atoms with Gasteiger partial charge < -0.3 is 20.1 Å². The largest absolute Gasteiger partial charge is 0.496 e. The molecule has 0 bridgehead atoms. The number of morpholine rings is 1. The van der Waals surface area contributed by atoms with E-state index < -0.39 is 0 Å². The first-order chi connectivity index (χ1) is 9.22. The standard InChI is InChI=1S/C15H24N2O2/c1-11-12(2)15(18-3)5-4-13(11)8-16-9-14-10-19-7-6-17-14/h4-5,14,16-17H,6-10H2,1-3H3. The normalized spacial score (nSPS) is 19.4. The van der Waals surface area contributed by atoms with Crippen LogP contribution in [0.25, 0.3) is 0 Å². The first-order valence-corrected chi connectivity index (χ1v) is 6.87. The van der Waals surface area contributed by atoms with E-state index >= 15 is 0 Å². The van der Waals surface area contributed by atoms with E-state index in [9.17, 15) is 0 Å². The van der Waals surface area contributed by atoms with E-state index in [4.69, 9.17) is 9.47 Å². The molecule has 0 aliphatic carbocycles. The molecule has 0 amide bonds. The Balaban J connectivity index is 1.87. The number of nitrogens with one attached hydrogen (secondary N) is 2. The summed E-state index contributed by atoms with van der Waals surface area (Å²) in [5.41, 5.74) is 3.86. The predicted molar refractivity (Wildman–Crippen MR) is 76.8 cm³/mol. The van der Waals surface area contributed by atoms with Gasteiger partial charge in [0.25, 0.3) is 0 Å². The highest BCUT2D eigenvalue weighted by Gasteiger charge is 2.12. The van der Waals surface area contributed by atoms with Gasteiger partial charge in [-0.25, -0.2) is 0 Å². The summed E-state index contributed by atoms with van der Waals surface area (Å²) in [5, 5.41) is 6.94. The van der Waals surface area contributed by atoms with Gasteiger partial charge >= 0.3 is 0 Å². The summed E-state index contributed by atoms with van der Waals surface area (Å²) in [6.07, 6.45) is 0. The van der Waals surface area contributed by atoms with Crippen LogP contribution < -0.4 is 15.4 Å². The minimum absolute atomic E-state index is 0.424. The molecule has 0 aromatic heterocycles. The third-order valence-electron chi connectivity index (χ3n) is 3.77. The van der Waals surface area contributed by atoms with Crippen molar-refractivity contribution < 1.29 is 9.47 Å². The molecule has 1 aromatic carbocycles. The average molecular weight is 264 g/mol. The summed E-state index contributed by atoms with van der Waals surface area (Å²) in [6.45, 7) is 8.65. The average Bonchev–Trinajstić information content (AvgIpc) is 2.45. The van der Waals surface area contributed by atoms with Gasteiger partial charge in [0, 0.05) is 25.7 Å². The lowest BCUT2D eigenvalue weighted by atomic mass is 10.0. The molecule has 1 aliphatic rings. The molecule has 1 aromatic rings. The van der Waals surface area contributed by atoms with Crippen molar-refractivity contribution in [2.75, 3.05) is 33.4 Å². The van der Waals surface area contributed by atoms with Crippen molar-refractivity contribution in [2.45, 2.75) is 26.4 Å². The van der Waals surface area contributed by atoms with Crippen LogP contribution in [-0.4, -0.2) is 39.5 Å². The fraction of sp³-hybridized carbons (Fsp3) is 0.600. The predicted octanol–water partition coefficient (Wildman–Crippen LogP) is 1.39. The van der Waals surface area contributed by atoms with E-state index in [1.165, 1.54) is 16.7 Å². The lowest BCUT2D eigenvalue weighted by Gasteiger charge is -2.24. The number of rotatable bonds is 5. The summed E-state index contributed by atoms with van der Waals surface area (Å²) in [6, 6.07) is 4.61. The maximum atomic E-state index is 5.44. The summed E-state index contributed by atoms with van der Waals surface area (Å²) >= 11 is 0. The van der Waals surface area contributed by atoms with Gasteiger partial charge in [0.2, 0.25) is 0 Å². The second-order valence-corrected chi connectivity index (χ2v) is 5.03. The molecule has 1 atom stereocenters. The molecule has 19 heavy (non-hydrogen) atoms. The Kier molecular flexibility index (Phi) is 5.19. The molecule has 106 valence electrons. The summed E-state index contributed by atoms with van der Waals surface area (Å²) in [4.78, 5) is 0. The Morgan fingerprint density at radius 1 is 1.37 bits per heavy atom. The van der Waals surface area contributed by atoms with Crippen molar-refractivity contribution in [1.82, 2.24) is 10.6 Å². The van der Waals surface area contributed by atoms with Crippen molar-refractivity contribution in [3.63, 3.8) is 0 Å². The van der Waals surface area contributed by atoms with Gasteiger partial charge in [-0.05, 0) is 36.6 Å². The summed E-state index contributed by atoms with van der Waals surface area (Å²) in [7, 11) is 1.72. The molecule has 1 heterocycles. The molecule has 1 aliphatic heterocycles. The first-order valence-electron chi connectivity index (χ1n) is 6.87. The van der Waals surface area contributed by atoms with E-state index in [1.54, 1.807) is 7.11 Å². The Morgan fingerprint density at radius 3 is 2.89 bits per heavy atom. The van der Waals surface area contributed by atoms with Gasteiger partial charge in [-0.15, -0.1) is 0 Å². The monoisotopic (exact) mass is 264 g/mol. The van der Waals surface area contributed by atoms with Gasteiger partial charge in [0.1, 0.15) is 5.75 Å². The fourth-order valence-electron chi connectivity index (χ4n) is 2.40. The van der Waals surface area contributed by atoms with E-state index in [1.807, 2.05) is 6.07 Å². The first kappa shape index (κ1) is 14.3. The zero-order chi connectivity index (χ0) is 13.7. The van der Waals surface area contributed by atoms with Crippen LogP contribution >= 0.6 is 0 Å². The Bertz CT molecular complexity index is 415. The second kappa shape index (κ2) is 6.89. The topological polar surface area (TPSA) is 42.5 Å². The third kappa shape index (κ3) is 3.69. The molecular weight excluding hydrogens is 240 g/mol. The van der Waals surface area contributed by atoms with Gasteiger partial charge in [0.15, 0.2) is 0 Å². The van der Waals surface area contributed by atoms with E-state index in [0.717, 1.165) is 38.6 Å². The van der Waals surface area contributed by atoms with E-state index in [2.05, 4.69) is 30.5 Å². The Labute approximate surface area is 115 Å². The van der Waals surface area contributed by atoms with Crippen LogP contribution in [0.1, 0.15) is 16.7 Å². The molecule has 2 N–H and O–H groups in total. The molecule has 1 unspecified atom stereocenters. The number of ether oxygens (including phenoxy) is 2. The zero-order valence-corrected chi connectivity index (χ0v) is 12.1. The number of benzene rings is 1. The maximum absolute atomic E-state index is 5.44. The van der Waals surface area contributed by atoms with Crippen LogP contribution in [0.3, 0.4) is 0 Å². The fourth-order valence-corrected chi connectivity index (χ4v) is 2.40. The molecule has 0 saturated carbocycles. The quantitative estimate of drug-likeness (QED) is 0.843. The van der Waals surface area contributed by atoms with E-state index in [-0.39, 0.29) is 0 Å². The molecule has 4 nitrogen and oxygen atoms in total.